The first-order valence-electron chi connectivity index (χ1n) is 2.87. The Hall–Kier alpha value is -0.770. The van der Waals surface area contributed by atoms with E-state index in [1.165, 1.54) is 7.11 Å². The number of carbonyl (C=O) groups is 2. The van der Waals surface area contributed by atoms with Crippen molar-refractivity contribution in [1.29, 1.82) is 0 Å². The van der Waals surface area contributed by atoms with Crippen LogP contribution in [0.1, 0.15) is 13.3 Å². The van der Waals surface area contributed by atoms with Crippen LogP contribution >= 0.6 is 11.6 Å². The zero-order chi connectivity index (χ0) is 9.28. The van der Waals surface area contributed by atoms with E-state index in [0.717, 1.165) is 6.92 Å². The molecule has 0 aliphatic carbocycles. The van der Waals surface area contributed by atoms with Crippen LogP contribution in [0.5, 0.6) is 0 Å². The predicted molar refractivity (Wildman–Crippen MR) is 40.7 cm³/mol. The second-order valence-electron chi connectivity index (χ2n) is 1.53. The number of hydrogen-bond acceptors (Lipinski definition) is 3. The fourth-order valence-electron chi connectivity index (χ4n) is 0.179. The molecule has 0 fully saturated rings. The summed E-state index contributed by atoms with van der Waals surface area (Å²) in [5.41, 5.74) is 0. The van der Waals surface area contributed by atoms with Crippen molar-refractivity contribution in [1.82, 2.24) is 0 Å². The molecule has 0 bridgehead atoms. The predicted octanol–water partition coefficient (Wildman–Crippen LogP) is 0.879. The highest BCUT2D eigenvalue weighted by Gasteiger charge is 1.93. The lowest BCUT2D eigenvalue weighted by molar-refractivity contribution is -0.140. The van der Waals surface area contributed by atoms with Gasteiger partial charge < -0.3 is 9.84 Å². The van der Waals surface area contributed by atoms with Crippen LogP contribution < -0.4 is 0 Å². The van der Waals surface area contributed by atoms with Gasteiger partial charge in [-0.3, -0.25) is 9.59 Å². The van der Waals surface area contributed by atoms with Crippen molar-refractivity contribution in [2.24, 2.45) is 0 Å². The van der Waals surface area contributed by atoms with Crippen LogP contribution in [0.4, 0.5) is 0 Å². The van der Waals surface area contributed by atoms with Crippen LogP contribution in [-0.2, 0) is 14.3 Å². The van der Waals surface area contributed by atoms with Gasteiger partial charge in [-0.25, -0.2) is 0 Å². The molecule has 0 aliphatic heterocycles. The highest BCUT2D eigenvalue weighted by Crippen LogP contribution is 1.85. The Labute approximate surface area is 70.1 Å². The molecule has 0 saturated heterocycles. The number of carboxylic acids is 1. The highest BCUT2D eigenvalue weighted by atomic mass is 35.5. The summed E-state index contributed by atoms with van der Waals surface area (Å²) >= 11 is 5.17. The fourth-order valence-corrected chi connectivity index (χ4v) is 0.334. The van der Waals surface area contributed by atoms with Gasteiger partial charge in [-0.05, 0) is 0 Å². The van der Waals surface area contributed by atoms with Crippen molar-refractivity contribution in [2.75, 3.05) is 13.0 Å². The molecule has 0 aromatic carbocycles. The molecule has 5 heteroatoms. The van der Waals surface area contributed by atoms with Gasteiger partial charge >= 0.3 is 5.97 Å². The maximum absolute atomic E-state index is 10.1. The van der Waals surface area contributed by atoms with Crippen molar-refractivity contribution in [3.8, 4) is 0 Å². The van der Waals surface area contributed by atoms with Gasteiger partial charge in [0.05, 0.1) is 13.5 Å². The number of aliphatic carboxylic acids is 1. The van der Waals surface area contributed by atoms with Crippen LogP contribution in [0.15, 0.2) is 0 Å². The number of ether oxygens (including phenoxy) is 1. The van der Waals surface area contributed by atoms with Crippen LogP contribution in [-0.4, -0.2) is 30.0 Å². The molecule has 4 nitrogen and oxygen atoms in total. The molecule has 0 heterocycles. The van der Waals surface area contributed by atoms with Gasteiger partial charge in [0.15, 0.2) is 0 Å². The van der Waals surface area contributed by atoms with Crippen LogP contribution in [0.25, 0.3) is 0 Å². The summed E-state index contributed by atoms with van der Waals surface area (Å²) in [7, 11) is 1.34. The lowest BCUT2D eigenvalue weighted by atomic mass is 10.5. The SMILES string of the molecule is CC(=O)O.COC(=O)CCCl. The molecule has 0 radical (unpaired) electrons. The summed E-state index contributed by atoms with van der Waals surface area (Å²) < 4.78 is 4.27. The molecule has 0 atom stereocenters. The molecule has 66 valence electrons. The Kier molecular flexibility index (Phi) is 10.8. The zero-order valence-electron chi connectivity index (χ0n) is 6.46. The Morgan fingerprint density at radius 3 is 2.00 bits per heavy atom. The van der Waals surface area contributed by atoms with Crippen molar-refractivity contribution in [2.45, 2.75) is 13.3 Å². The Morgan fingerprint density at radius 2 is 1.91 bits per heavy atom. The molecule has 11 heavy (non-hydrogen) atoms. The average Bonchev–Trinajstić information content (AvgIpc) is 1.87. The number of rotatable bonds is 2. The first-order valence-corrected chi connectivity index (χ1v) is 3.40. The molecular formula is C6H11ClO4. The molecule has 0 spiro atoms. The van der Waals surface area contributed by atoms with E-state index >= 15 is 0 Å². The first-order chi connectivity index (χ1) is 5.04. The fraction of sp³-hybridized carbons (Fsp3) is 0.667. The topological polar surface area (TPSA) is 63.6 Å². The largest absolute Gasteiger partial charge is 0.481 e. The summed E-state index contributed by atoms with van der Waals surface area (Å²) in [5, 5.41) is 7.42. The second-order valence-corrected chi connectivity index (χ2v) is 1.91. The van der Waals surface area contributed by atoms with Crippen molar-refractivity contribution in [3.63, 3.8) is 0 Å². The minimum atomic E-state index is -0.833. The second kappa shape index (κ2) is 9.23. The lowest BCUT2D eigenvalue weighted by Crippen LogP contribution is -1.99. The molecule has 0 aliphatic rings. The summed E-state index contributed by atoms with van der Waals surface area (Å²) in [6.07, 6.45) is 0.304. The first kappa shape index (κ1) is 12.9. The third-order valence-electron chi connectivity index (χ3n) is 0.526. The average molecular weight is 183 g/mol. The molecule has 0 amide bonds. The van der Waals surface area contributed by atoms with E-state index in [-0.39, 0.29) is 5.97 Å². The van der Waals surface area contributed by atoms with Crippen LogP contribution in [0.3, 0.4) is 0 Å². The Bertz CT molecular complexity index is 120. The minimum Gasteiger partial charge on any atom is -0.481 e. The van der Waals surface area contributed by atoms with Gasteiger partial charge in [0, 0.05) is 12.8 Å². The van der Waals surface area contributed by atoms with E-state index in [0.29, 0.717) is 12.3 Å². The van der Waals surface area contributed by atoms with Crippen molar-refractivity contribution < 1.29 is 19.4 Å². The van der Waals surface area contributed by atoms with Gasteiger partial charge in [0.25, 0.3) is 5.97 Å². The number of halogens is 1. The van der Waals surface area contributed by atoms with E-state index < -0.39 is 5.97 Å². The smallest absolute Gasteiger partial charge is 0.306 e. The Morgan fingerprint density at radius 1 is 1.55 bits per heavy atom. The van der Waals surface area contributed by atoms with E-state index in [4.69, 9.17) is 21.5 Å². The number of methoxy groups -OCH3 is 1. The van der Waals surface area contributed by atoms with E-state index in [9.17, 15) is 4.79 Å². The van der Waals surface area contributed by atoms with Gasteiger partial charge in [0.1, 0.15) is 0 Å². The molecule has 1 N–H and O–H groups in total. The quantitative estimate of drug-likeness (QED) is 0.509. The molecule has 0 saturated carbocycles. The van der Waals surface area contributed by atoms with Gasteiger partial charge in [-0.1, -0.05) is 0 Å². The van der Waals surface area contributed by atoms with Crippen molar-refractivity contribution >= 4 is 23.5 Å². The van der Waals surface area contributed by atoms with Crippen LogP contribution in [0.2, 0.25) is 0 Å². The molecule has 0 aromatic heterocycles. The summed E-state index contributed by atoms with van der Waals surface area (Å²) in [4.78, 5) is 19.1. The normalized spacial score (nSPS) is 7.55. The number of esters is 1. The maximum atomic E-state index is 10.1. The lowest BCUT2D eigenvalue weighted by Gasteiger charge is -1.90. The van der Waals surface area contributed by atoms with E-state index in [1.807, 2.05) is 0 Å². The summed E-state index contributed by atoms with van der Waals surface area (Å²) in [6.45, 7) is 1.08. The maximum Gasteiger partial charge on any atom is 0.306 e. The van der Waals surface area contributed by atoms with Gasteiger partial charge in [0.2, 0.25) is 0 Å². The number of alkyl halides is 1. The third-order valence-corrected chi connectivity index (χ3v) is 0.715. The minimum absolute atomic E-state index is 0.255. The van der Waals surface area contributed by atoms with Gasteiger partial charge in [-0.15, -0.1) is 11.6 Å². The highest BCUT2D eigenvalue weighted by molar-refractivity contribution is 6.18. The van der Waals surface area contributed by atoms with Crippen LogP contribution in [0, 0.1) is 0 Å². The third kappa shape index (κ3) is 27.0. The monoisotopic (exact) mass is 182 g/mol. The number of carbonyl (C=O) groups excluding carboxylic acids is 1. The summed E-state index contributed by atoms with van der Waals surface area (Å²) in [6, 6.07) is 0. The molecule has 0 aromatic rings. The molecular weight excluding hydrogens is 172 g/mol. The van der Waals surface area contributed by atoms with Crippen molar-refractivity contribution in [3.05, 3.63) is 0 Å². The summed E-state index contributed by atoms with van der Waals surface area (Å²) in [5.74, 6) is -0.748. The Balaban J connectivity index is 0. The standard InChI is InChI=1S/C4H7ClO2.C2H4O2/c1-7-4(6)2-3-5;1-2(3)4/h2-3H2,1H3;1H3,(H,3,4). The zero-order valence-corrected chi connectivity index (χ0v) is 7.22. The molecule has 0 rings (SSSR count). The molecule has 0 unspecified atom stereocenters. The number of carboxylic acid groups (broad SMARTS) is 1. The van der Waals surface area contributed by atoms with Gasteiger partial charge in [-0.2, -0.15) is 0 Å². The van der Waals surface area contributed by atoms with E-state index in [1.54, 1.807) is 0 Å². The number of hydrogen-bond donors (Lipinski definition) is 1. The van der Waals surface area contributed by atoms with E-state index in [2.05, 4.69) is 4.74 Å².